The van der Waals surface area contributed by atoms with Crippen molar-refractivity contribution in [3.63, 3.8) is 0 Å². The van der Waals surface area contributed by atoms with E-state index in [4.69, 9.17) is 11.6 Å². The first kappa shape index (κ1) is 16.1. The number of hydrogen-bond acceptors (Lipinski definition) is 4. The number of nitro groups is 1. The summed E-state index contributed by atoms with van der Waals surface area (Å²) >= 11 is 9.19. The molecule has 8 heteroatoms. The van der Waals surface area contributed by atoms with Gasteiger partial charge in [0.25, 0.3) is 11.6 Å². The van der Waals surface area contributed by atoms with Crippen LogP contribution in [0.15, 0.2) is 52.0 Å². The fourth-order valence-electron chi connectivity index (χ4n) is 1.57. The molecule has 0 heterocycles. The van der Waals surface area contributed by atoms with Gasteiger partial charge in [-0.3, -0.25) is 14.9 Å². The average Bonchev–Trinajstić information content (AvgIpc) is 2.49. The van der Waals surface area contributed by atoms with Gasteiger partial charge in [0.2, 0.25) is 0 Å². The Morgan fingerprint density at radius 2 is 1.95 bits per heavy atom. The summed E-state index contributed by atoms with van der Waals surface area (Å²) < 4.78 is 0.857. The molecule has 1 N–H and O–H groups in total. The monoisotopic (exact) mass is 381 g/mol. The minimum absolute atomic E-state index is 0.106. The lowest BCUT2D eigenvalue weighted by atomic mass is 10.2. The van der Waals surface area contributed by atoms with E-state index < -0.39 is 10.8 Å². The predicted octanol–water partition coefficient (Wildman–Crippen LogP) is 3.77. The van der Waals surface area contributed by atoms with E-state index >= 15 is 0 Å². The Labute approximate surface area is 139 Å². The van der Waals surface area contributed by atoms with E-state index in [1.807, 2.05) is 0 Å². The minimum atomic E-state index is -0.534. The highest BCUT2D eigenvalue weighted by atomic mass is 79.9. The maximum atomic E-state index is 11.8. The molecule has 0 saturated heterocycles. The van der Waals surface area contributed by atoms with Gasteiger partial charge in [0.1, 0.15) is 0 Å². The Hall–Kier alpha value is -2.25. The lowest BCUT2D eigenvalue weighted by Crippen LogP contribution is -2.17. The van der Waals surface area contributed by atoms with Gasteiger partial charge in [-0.2, -0.15) is 5.10 Å². The number of hydrazone groups is 1. The summed E-state index contributed by atoms with van der Waals surface area (Å²) in [5.41, 5.74) is 3.00. The van der Waals surface area contributed by atoms with Crippen molar-refractivity contribution in [2.75, 3.05) is 0 Å². The van der Waals surface area contributed by atoms with Crippen molar-refractivity contribution in [2.45, 2.75) is 0 Å². The summed E-state index contributed by atoms with van der Waals surface area (Å²) in [6, 6.07) is 10.7. The zero-order chi connectivity index (χ0) is 16.1. The van der Waals surface area contributed by atoms with Crippen LogP contribution in [0, 0.1) is 10.1 Å². The maximum absolute atomic E-state index is 11.8. The van der Waals surface area contributed by atoms with Crippen LogP contribution in [0.4, 0.5) is 5.69 Å². The fourth-order valence-corrected chi connectivity index (χ4v) is 2.00. The van der Waals surface area contributed by atoms with Gasteiger partial charge < -0.3 is 0 Å². The third-order valence-corrected chi connectivity index (χ3v) is 3.54. The van der Waals surface area contributed by atoms with Crippen molar-refractivity contribution in [1.29, 1.82) is 0 Å². The second-order valence-corrected chi connectivity index (χ2v) is 5.49. The van der Waals surface area contributed by atoms with Crippen LogP contribution in [0.2, 0.25) is 5.02 Å². The normalized spacial score (nSPS) is 10.6. The number of nitrogens with zero attached hydrogens (tertiary/aromatic N) is 2. The molecule has 0 atom stereocenters. The highest BCUT2D eigenvalue weighted by Crippen LogP contribution is 2.20. The number of rotatable bonds is 4. The van der Waals surface area contributed by atoms with Crippen molar-refractivity contribution < 1.29 is 9.72 Å². The first-order chi connectivity index (χ1) is 10.5. The molecule has 2 aromatic carbocycles. The van der Waals surface area contributed by atoms with Gasteiger partial charge in [0.15, 0.2) is 0 Å². The number of hydrogen-bond donors (Lipinski definition) is 1. The number of benzene rings is 2. The molecule has 6 nitrogen and oxygen atoms in total. The Balaban J connectivity index is 2.09. The Morgan fingerprint density at radius 1 is 1.27 bits per heavy atom. The zero-order valence-electron chi connectivity index (χ0n) is 11.0. The topological polar surface area (TPSA) is 84.6 Å². The van der Waals surface area contributed by atoms with E-state index in [-0.39, 0.29) is 5.69 Å². The van der Waals surface area contributed by atoms with Crippen LogP contribution in [0.25, 0.3) is 0 Å². The van der Waals surface area contributed by atoms with Gasteiger partial charge >= 0.3 is 0 Å². The molecular weight excluding hydrogens is 374 g/mol. The van der Waals surface area contributed by atoms with Gasteiger partial charge in [-0.05, 0) is 30.3 Å². The summed E-state index contributed by atoms with van der Waals surface area (Å²) in [4.78, 5) is 22.0. The summed E-state index contributed by atoms with van der Waals surface area (Å²) in [5, 5.41) is 14.8. The van der Waals surface area contributed by atoms with E-state index in [0.29, 0.717) is 16.1 Å². The summed E-state index contributed by atoms with van der Waals surface area (Å²) in [7, 11) is 0. The van der Waals surface area contributed by atoms with E-state index in [1.165, 1.54) is 24.4 Å². The second-order valence-electron chi connectivity index (χ2n) is 4.17. The van der Waals surface area contributed by atoms with Gasteiger partial charge in [0.05, 0.1) is 11.1 Å². The van der Waals surface area contributed by atoms with Gasteiger partial charge in [0, 0.05) is 32.8 Å². The highest BCUT2D eigenvalue weighted by molar-refractivity contribution is 9.10. The van der Waals surface area contributed by atoms with Crippen LogP contribution >= 0.6 is 27.5 Å². The fraction of sp³-hybridized carbons (Fsp3) is 0. The molecule has 0 bridgehead atoms. The highest BCUT2D eigenvalue weighted by Gasteiger charge is 2.08. The van der Waals surface area contributed by atoms with Crippen molar-refractivity contribution >= 4 is 45.3 Å². The van der Waals surface area contributed by atoms with Crippen LogP contribution < -0.4 is 5.43 Å². The van der Waals surface area contributed by atoms with Crippen LogP contribution in [0.5, 0.6) is 0 Å². The molecule has 0 aliphatic heterocycles. The number of nitro benzene ring substituents is 1. The SMILES string of the molecule is O=C(NN=Cc1cc([N+](=O)[O-])ccc1Cl)c1ccc(Br)cc1. The molecule has 0 aliphatic carbocycles. The third kappa shape index (κ3) is 4.12. The number of non-ortho nitro benzene ring substituents is 1. The number of carbonyl (C=O) groups excluding carboxylic acids is 1. The molecule has 0 fully saturated rings. The molecule has 0 radical (unpaired) electrons. The standard InChI is InChI=1S/C14H9BrClN3O3/c15-11-3-1-9(2-4-11)14(20)18-17-8-10-7-12(19(21)22)5-6-13(10)16/h1-8H,(H,18,20). The largest absolute Gasteiger partial charge is 0.271 e. The maximum Gasteiger partial charge on any atom is 0.271 e. The lowest BCUT2D eigenvalue weighted by molar-refractivity contribution is -0.384. The molecule has 112 valence electrons. The number of carbonyl (C=O) groups is 1. The Morgan fingerprint density at radius 3 is 2.59 bits per heavy atom. The quantitative estimate of drug-likeness (QED) is 0.496. The number of amides is 1. The van der Waals surface area contributed by atoms with E-state index in [9.17, 15) is 14.9 Å². The first-order valence-electron chi connectivity index (χ1n) is 6.00. The molecule has 0 unspecified atom stereocenters. The Bertz CT molecular complexity index is 747. The average molecular weight is 383 g/mol. The summed E-state index contributed by atoms with van der Waals surface area (Å²) in [5.74, 6) is -0.398. The predicted molar refractivity (Wildman–Crippen MR) is 87.3 cm³/mol. The lowest BCUT2D eigenvalue weighted by Gasteiger charge is -2.01. The van der Waals surface area contributed by atoms with Crippen LogP contribution in [-0.2, 0) is 0 Å². The molecule has 0 spiro atoms. The molecule has 0 aromatic heterocycles. The summed E-state index contributed by atoms with van der Waals surface area (Å²) in [6.45, 7) is 0. The molecule has 2 rings (SSSR count). The van der Waals surface area contributed by atoms with Crippen molar-refractivity contribution in [3.8, 4) is 0 Å². The van der Waals surface area contributed by atoms with Gasteiger partial charge in [-0.15, -0.1) is 0 Å². The van der Waals surface area contributed by atoms with E-state index in [1.54, 1.807) is 24.3 Å². The molecule has 0 aliphatic rings. The van der Waals surface area contributed by atoms with Crippen LogP contribution in [0.3, 0.4) is 0 Å². The molecule has 2 aromatic rings. The zero-order valence-corrected chi connectivity index (χ0v) is 13.3. The van der Waals surface area contributed by atoms with Crippen molar-refractivity contribution in [3.05, 3.63) is 73.2 Å². The van der Waals surface area contributed by atoms with Gasteiger partial charge in [-0.25, -0.2) is 5.43 Å². The molecule has 0 saturated carbocycles. The minimum Gasteiger partial charge on any atom is -0.267 e. The molecular formula is C14H9BrClN3O3. The molecule has 22 heavy (non-hydrogen) atoms. The van der Waals surface area contributed by atoms with Crippen molar-refractivity contribution in [1.82, 2.24) is 5.43 Å². The van der Waals surface area contributed by atoms with E-state index in [2.05, 4.69) is 26.5 Å². The van der Waals surface area contributed by atoms with Gasteiger partial charge in [-0.1, -0.05) is 27.5 Å². The summed E-state index contributed by atoms with van der Waals surface area (Å²) in [6.07, 6.45) is 1.26. The smallest absolute Gasteiger partial charge is 0.267 e. The van der Waals surface area contributed by atoms with Crippen LogP contribution in [0.1, 0.15) is 15.9 Å². The number of nitrogens with one attached hydrogen (secondary N) is 1. The van der Waals surface area contributed by atoms with Crippen LogP contribution in [-0.4, -0.2) is 17.0 Å². The van der Waals surface area contributed by atoms with Crippen molar-refractivity contribution in [2.24, 2.45) is 5.10 Å². The second kappa shape index (κ2) is 7.15. The first-order valence-corrected chi connectivity index (χ1v) is 7.17. The Kier molecular flexibility index (Phi) is 5.24. The molecule has 1 amide bonds. The van der Waals surface area contributed by atoms with E-state index in [0.717, 1.165) is 4.47 Å². The third-order valence-electron chi connectivity index (χ3n) is 2.67. The number of halogens is 2.